The molecular formula is C13H16O4. The van der Waals surface area contributed by atoms with E-state index in [1.54, 1.807) is 19.1 Å². The minimum Gasteiger partial charge on any atom is -0.496 e. The van der Waals surface area contributed by atoms with Gasteiger partial charge in [0.1, 0.15) is 12.0 Å². The minimum atomic E-state index is -0.327. The van der Waals surface area contributed by atoms with Crippen molar-refractivity contribution in [3.05, 3.63) is 28.8 Å². The van der Waals surface area contributed by atoms with Crippen LogP contribution in [0.4, 0.5) is 0 Å². The van der Waals surface area contributed by atoms with Crippen molar-refractivity contribution in [1.82, 2.24) is 0 Å². The smallest absolute Gasteiger partial charge is 0.310 e. The van der Waals surface area contributed by atoms with E-state index in [0.29, 0.717) is 23.5 Å². The van der Waals surface area contributed by atoms with Gasteiger partial charge in [-0.2, -0.15) is 0 Å². The molecule has 0 unspecified atom stereocenters. The van der Waals surface area contributed by atoms with Crippen LogP contribution in [0.2, 0.25) is 0 Å². The topological polar surface area (TPSA) is 52.6 Å². The average Bonchev–Trinajstić information content (AvgIpc) is 2.31. The van der Waals surface area contributed by atoms with Gasteiger partial charge in [-0.15, -0.1) is 0 Å². The molecule has 17 heavy (non-hydrogen) atoms. The van der Waals surface area contributed by atoms with Crippen molar-refractivity contribution in [2.45, 2.75) is 20.3 Å². The van der Waals surface area contributed by atoms with Gasteiger partial charge in [0.2, 0.25) is 0 Å². The van der Waals surface area contributed by atoms with Gasteiger partial charge in [0.15, 0.2) is 0 Å². The van der Waals surface area contributed by atoms with E-state index in [4.69, 9.17) is 9.47 Å². The number of benzene rings is 1. The van der Waals surface area contributed by atoms with Gasteiger partial charge in [0.25, 0.3) is 0 Å². The SMILES string of the molecule is CCOC(=O)Cc1cc(C=O)c(C)cc1OC. The fourth-order valence-electron chi connectivity index (χ4n) is 1.57. The van der Waals surface area contributed by atoms with E-state index < -0.39 is 0 Å². The van der Waals surface area contributed by atoms with Gasteiger partial charge in [0, 0.05) is 11.1 Å². The van der Waals surface area contributed by atoms with Crippen LogP contribution >= 0.6 is 0 Å². The maximum absolute atomic E-state index is 11.4. The first kappa shape index (κ1) is 13.2. The van der Waals surface area contributed by atoms with Crippen LogP contribution in [0.3, 0.4) is 0 Å². The summed E-state index contributed by atoms with van der Waals surface area (Å²) < 4.78 is 10.0. The molecule has 0 aliphatic carbocycles. The Labute approximate surface area is 101 Å². The molecule has 0 aromatic heterocycles. The van der Waals surface area contributed by atoms with E-state index in [-0.39, 0.29) is 12.4 Å². The van der Waals surface area contributed by atoms with Crippen molar-refractivity contribution >= 4 is 12.3 Å². The molecule has 0 aliphatic rings. The van der Waals surface area contributed by atoms with E-state index in [1.165, 1.54) is 7.11 Å². The lowest BCUT2D eigenvalue weighted by Crippen LogP contribution is -2.09. The lowest BCUT2D eigenvalue weighted by atomic mass is 10.0. The predicted octanol–water partition coefficient (Wildman–Crippen LogP) is 1.92. The van der Waals surface area contributed by atoms with Gasteiger partial charge in [-0.3, -0.25) is 9.59 Å². The zero-order valence-electron chi connectivity index (χ0n) is 10.3. The van der Waals surface area contributed by atoms with E-state index in [0.717, 1.165) is 11.8 Å². The highest BCUT2D eigenvalue weighted by Crippen LogP contribution is 2.23. The van der Waals surface area contributed by atoms with Gasteiger partial charge < -0.3 is 9.47 Å². The summed E-state index contributed by atoms with van der Waals surface area (Å²) in [6.07, 6.45) is 0.877. The summed E-state index contributed by atoms with van der Waals surface area (Å²) in [7, 11) is 1.53. The first-order chi connectivity index (χ1) is 8.12. The Morgan fingerprint density at radius 1 is 1.41 bits per heavy atom. The normalized spacial score (nSPS) is 9.82. The number of hydrogen-bond donors (Lipinski definition) is 0. The van der Waals surface area contributed by atoms with Crippen LogP contribution in [0.1, 0.15) is 28.4 Å². The van der Waals surface area contributed by atoms with Crippen LogP contribution in [0.25, 0.3) is 0 Å². The molecule has 0 fully saturated rings. The summed E-state index contributed by atoms with van der Waals surface area (Å²) >= 11 is 0. The van der Waals surface area contributed by atoms with Crippen LogP contribution < -0.4 is 4.74 Å². The fraction of sp³-hybridized carbons (Fsp3) is 0.385. The molecule has 0 amide bonds. The van der Waals surface area contributed by atoms with Crippen LogP contribution in [0.5, 0.6) is 5.75 Å². The largest absolute Gasteiger partial charge is 0.496 e. The number of esters is 1. The third kappa shape index (κ3) is 3.31. The summed E-state index contributed by atoms with van der Waals surface area (Å²) in [5.41, 5.74) is 2.05. The molecular weight excluding hydrogens is 220 g/mol. The monoisotopic (exact) mass is 236 g/mol. The van der Waals surface area contributed by atoms with Crippen molar-refractivity contribution < 1.29 is 19.1 Å². The summed E-state index contributed by atoms with van der Waals surface area (Å²) in [4.78, 5) is 22.2. The molecule has 4 heteroatoms. The molecule has 0 atom stereocenters. The Balaban J connectivity index is 3.03. The molecule has 92 valence electrons. The van der Waals surface area contributed by atoms with Crippen molar-refractivity contribution in [3.8, 4) is 5.75 Å². The Kier molecular flexibility index (Phi) is 4.69. The first-order valence-corrected chi connectivity index (χ1v) is 5.40. The van der Waals surface area contributed by atoms with Crippen LogP contribution in [-0.2, 0) is 16.0 Å². The molecule has 0 aliphatic heterocycles. The van der Waals surface area contributed by atoms with Gasteiger partial charge in [0.05, 0.1) is 20.1 Å². The highest BCUT2D eigenvalue weighted by molar-refractivity contribution is 5.80. The molecule has 4 nitrogen and oxygen atoms in total. The van der Waals surface area contributed by atoms with Crippen LogP contribution in [0, 0.1) is 6.92 Å². The second-order valence-electron chi connectivity index (χ2n) is 3.62. The molecule has 0 saturated carbocycles. The third-order valence-corrected chi connectivity index (χ3v) is 2.44. The summed E-state index contributed by atoms with van der Waals surface area (Å²) in [5, 5.41) is 0. The Morgan fingerprint density at radius 2 is 2.12 bits per heavy atom. The van der Waals surface area contributed by atoms with Gasteiger partial charge in [-0.1, -0.05) is 0 Å². The molecule has 1 aromatic rings. The average molecular weight is 236 g/mol. The lowest BCUT2D eigenvalue weighted by Gasteiger charge is -2.10. The number of carbonyl (C=O) groups is 2. The van der Waals surface area contributed by atoms with Gasteiger partial charge in [-0.25, -0.2) is 0 Å². The molecule has 0 N–H and O–H groups in total. The summed E-state index contributed by atoms with van der Waals surface area (Å²) in [5.74, 6) is 0.271. The second kappa shape index (κ2) is 6.03. The Morgan fingerprint density at radius 3 is 2.65 bits per heavy atom. The van der Waals surface area contributed by atoms with E-state index in [1.807, 2.05) is 6.92 Å². The zero-order valence-corrected chi connectivity index (χ0v) is 10.3. The molecule has 0 saturated heterocycles. The molecule has 0 heterocycles. The number of aryl methyl sites for hydroxylation is 1. The molecule has 1 rings (SSSR count). The second-order valence-corrected chi connectivity index (χ2v) is 3.62. The summed E-state index contributed by atoms with van der Waals surface area (Å²) in [6, 6.07) is 3.41. The predicted molar refractivity (Wildman–Crippen MR) is 63.5 cm³/mol. The van der Waals surface area contributed by atoms with Crippen LogP contribution in [-0.4, -0.2) is 26.0 Å². The molecule has 0 bridgehead atoms. The van der Waals surface area contributed by atoms with Gasteiger partial charge >= 0.3 is 5.97 Å². The quantitative estimate of drug-likeness (QED) is 0.579. The number of methoxy groups -OCH3 is 1. The maximum Gasteiger partial charge on any atom is 0.310 e. The molecule has 0 radical (unpaired) electrons. The van der Waals surface area contributed by atoms with Crippen molar-refractivity contribution in [3.63, 3.8) is 0 Å². The highest BCUT2D eigenvalue weighted by atomic mass is 16.5. The maximum atomic E-state index is 11.4. The van der Waals surface area contributed by atoms with E-state index >= 15 is 0 Å². The lowest BCUT2D eigenvalue weighted by molar-refractivity contribution is -0.142. The standard InChI is InChI=1S/C13H16O4/c1-4-17-13(15)7-10-6-11(8-14)9(2)5-12(10)16-3/h5-6,8H,4,7H2,1-3H3. The summed E-state index contributed by atoms with van der Waals surface area (Å²) in [6.45, 7) is 3.91. The number of ether oxygens (including phenoxy) is 2. The highest BCUT2D eigenvalue weighted by Gasteiger charge is 2.12. The van der Waals surface area contributed by atoms with Crippen LogP contribution in [0.15, 0.2) is 12.1 Å². The number of hydrogen-bond acceptors (Lipinski definition) is 4. The Bertz CT molecular complexity index is 424. The number of carbonyl (C=O) groups excluding carboxylic acids is 2. The zero-order chi connectivity index (χ0) is 12.8. The van der Waals surface area contributed by atoms with E-state index in [9.17, 15) is 9.59 Å². The fourth-order valence-corrected chi connectivity index (χ4v) is 1.57. The Hall–Kier alpha value is -1.84. The number of rotatable bonds is 5. The van der Waals surface area contributed by atoms with E-state index in [2.05, 4.69) is 0 Å². The van der Waals surface area contributed by atoms with Crippen molar-refractivity contribution in [2.75, 3.05) is 13.7 Å². The third-order valence-electron chi connectivity index (χ3n) is 2.44. The van der Waals surface area contributed by atoms with Crippen molar-refractivity contribution in [2.24, 2.45) is 0 Å². The number of aldehydes is 1. The first-order valence-electron chi connectivity index (χ1n) is 5.40. The molecule has 1 aromatic carbocycles. The van der Waals surface area contributed by atoms with Gasteiger partial charge in [-0.05, 0) is 31.5 Å². The van der Waals surface area contributed by atoms with Crippen molar-refractivity contribution in [1.29, 1.82) is 0 Å². The molecule has 0 spiro atoms. The minimum absolute atomic E-state index is 0.109.